The summed E-state index contributed by atoms with van der Waals surface area (Å²) in [4.78, 5) is 10.3. The average Bonchev–Trinajstić information content (AvgIpc) is 2.20. The maximum Gasteiger partial charge on any atom is 0.446 e. The predicted octanol–water partition coefficient (Wildman–Crippen LogP) is 1.37. The van der Waals surface area contributed by atoms with Crippen molar-refractivity contribution in [2.75, 3.05) is 0 Å². The standard InChI is InChI=1S/C11H14O7S/c12-9-5-8(3-1-2-4-11(13)14)6-10(7-9)18-19(15,16)17/h5-7,12H,1-4H2,(H,13,14)(H,15,16,17). The summed E-state index contributed by atoms with van der Waals surface area (Å²) in [5.41, 5.74) is 0.587. The van der Waals surface area contributed by atoms with Gasteiger partial charge in [0.25, 0.3) is 0 Å². The molecule has 0 heterocycles. The van der Waals surface area contributed by atoms with Crippen molar-refractivity contribution in [2.45, 2.75) is 25.7 Å². The largest absolute Gasteiger partial charge is 0.508 e. The first kappa shape index (κ1) is 15.3. The number of carboxylic acid groups (broad SMARTS) is 1. The topological polar surface area (TPSA) is 121 Å². The van der Waals surface area contributed by atoms with E-state index in [0.29, 0.717) is 24.8 Å². The van der Waals surface area contributed by atoms with Crippen LogP contribution in [0.2, 0.25) is 0 Å². The molecule has 1 aromatic rings. The van der Waals surface area contributed by atoms with Crippen LogP contribution in [0.25, 0.3) is 0 Å². The Bertz CT molecular complexity index is 550. The van der Waals surface area contributed by atoms with Crippen molar-refractivity contribution in [3.63, 3.8) is 0 Å². The van der Waals surface area contributed by atoms with Gasteiger partial charge in [0, 0.05) is 12.5 Å². The number of unbranched alkanes of at least 4 members (excludes halogenated alkanes) is 1. The number of phenolic OH excluding ortho intramolecular Hbond substituents is 1. The first-order chi connectivity index (χ1) is 8.76. The smallest absolute Gasteiger partial charge is 0.446 e. The summed E-state index contributed by atoms with van der Waals surface area (Å²) in [6.45, 7) is 0. The van der Waals surface area contributed by atoms with Gasteiger partial charge in [-0.2, -0.15) is 8.42 Å². The summed E-state index contributed by atoms with van der Waals surface area (Å²) in [7, 11) is -4.64. The van der Waals surface area contributed by atoms with Crippen LogP contribution in [0.5, 0.6) is 11.5 Å². The number of rotatable bonds is 7. The Hall–Kier alpha value is -1.80. The lowest BCUT2D eigenvalue weighted by atomic mass is 10.1. The number of phenols is 1. The second-order valence-corrected chi connectivity index (χ2v) is 4.97. The summed E-state index contributed by atoms with van der Waals surface area (Å²) in [5.74, 6) is -1.28. The molecule has 0 aliphatic heterocycles. The van der Waals surface area contributed by atoms with Crippen LogP contribution in [-0.4, -0.2) is 29.2 Å². The van der Waals surface area contributed by atoms with E-state index < -0.39 is 16.4 Å². The van der Waals surface area contributed by atoms with E-state index in [-0.39, 0.29) is 17.9 Å². The molecule has 0 saturated heterocycles. The molecule has 106 valence electrons. The molecule has 0 amide bonds. The molecule has 19 heavy (non-hydrogen) atoms. The van der Waals surface area contributed by atoms with Crippen LogP contribution in [0.15, 0.2) is 18.2 Å². The maximum atomic E-state index is 10.5. The van der Waals surface area contributed by atoms with E-state index in [4.69, 9.17) is 9.66 Å². The zero-order valence-electron chi connectivity index (χ0n) is 9.94. The van der Waals surface area contributed by atoms with Gasteiger partial charge in [0.05, 0.1) is 0 Å². The zero-order chi connectivity index (χ0) is 14.5. The maximum absolute atomic E-state index is 10.5. The fourth-order valence-electron chi connectivity index (χ4n) is 1.56. The fourth-order valence-corrected chi connectivity index (χ4v) is 1.90. The van der Waals surface area contributed by atoms with Crippen LogP contribution in [0.4, 0.5) is 0 Å². The molecular formula is C11H14O7S. The summed E-state index contributed by atoms with van der Waals surface area (Å²) >= 11 is 0. The third-order valence-corrected chi connectivity index (χ3v) is 2.66. The Labute approximate surface area is 110 Å². The monoisotopic (exact) mass is 290 g/mol. The molecule has 0 aliphatic carbocycles. The Kier molecular flexibility index (Phi) is 5.13. The molecule has 0 aliphatic rings. The summed E-state index contributed by atoms with van der Waals surface area (Å²) in [6, 6.07) is 3.82. The van der Waals surface area contributed by atoms with Crippen LogP contribution < -0.4 is 4.18 Å². The summed E-state index contributed by atoms with van der Waals surface area (Å²) in [6.07, 6.45) is 1.55. The lowest BCUT2D eigenvalue weighted by Crippen LogP contribution is -2.06. The Balaban J connectivity index is 2.66. The fraction of sp³-hybridized carbons (Fsp3) is 0.364. The van der Waals surface area contributed by atoms with Crippen molar-refractivity contribution in [1.82, 2.24) is 0 Å². The highest BCUT2D eigenvalue weighted by Crippen LogP contribution is 2.24. The van der Waals surface area contributed by atoms with Crippen LogP contribution in [-0.2, 0) is 21.6 Å². The van der Waals surface area contributed by atoms with Crippen molar-refractivity contribution in [3.05, 3.63) is 23.8 Å². The molecule has 8 heteroatoms. The second kappa shape index (κ2) is 6.39. The summed E-state index contributed by atoms with van der Waals surface area (Å²) in [5, 5.41) is 17.9. The van der Waals surface area contributed by atoms with Crippen LogP contribution in [0, 0.1) is 0 Å². The van der Waals surface area contributed by atoms with E-state index >= 15 is 0 Å². The lowest BCUT2D eigenvalue weighted by molar-refractivity contribution is -0.137. The van der Waals surface area contributed by atoms with E-state index in [1.807, 2.05) is 0 Å². The number of aliphatic carboxylic acids is 1. The van der Waals surface area contributed by atoms with Gasteiger partial charge in [-0.15, -0.1) is 0 Å². The third kappa shape index (κ3) is 6.63. The number of carbonyl (C=O) groups is 1. The van der Waals surface area contributed by atoms with Gasteiger partial charge < -0.3 is 14.4 Å². The minimum Gasteiger partial charge on any atom is -0.508 e. The predicted molar refractivity (Wildman–Crippen MR) is 65.5 cm³/mol. The van der Waals surface area contributed by atoms with Gasteiger partial charge in [0.2, 0.25) is 0 Å². The van der Waals surface area contributed by atoms with Gasteiger partial charge in [-0.25, -0.2) is 0 Å². The highest BCUT2D eigenvalue weighted by molar-refractivity contribution is 7.81. The van der Waals surface area contributed by atoms with Crippen molar-refractivity contribution < 1.29 is 32.2 Å². The van der Waals surface area contributed by atoms with Crippen LogP contribution in [0.3, 0.4) is 0 Å². The molecule has 0 radical (unpaired) electrons. The zero-order valence-corrected chi connectivity index (χ0v) is 10.8. The molecule has 0 atom stereocenters. The van der Waals surface area contributed by atoms with Gasteiger partial charge in [0.15, 0.2) is 0 Å². The quantitative estimate of drug-likeness (QED) is 0.512. The molecule has 0 spiro atoms. The molecule has 0 fully saturated rings. The SMILES string of the molecule is O=C(O)CCCCc1cc(O)cc(OS(=O)(=O)O)c1. The summed E-state index contributed by atoms with van der Waals surface area (Å²) < 4.78 is 33.9. The Morgan fingerprint density at radius 3 is 2.47 bits per heavy atom. The molecule has 7 nitrogen and oxygen atoms in total. The number of benzene rings is 1. The minimum absolute atomic E-state index is 0.0488. The lowest BCUT2D eigenvalue weighted by Gasteiger charge is -2.06. The number of hydrogen-bond donors (Lipinski definition) is 3. The number of aryl methyl sites for hydroxylation is 1. The van der Waals surface area contributed by atoms with E-state index in [1.165, 1.54) is 12.1 Å². The van der Waals surface area contributed by atoms with Gasteiger partial charge in [-0.1, -0.05) is 0 Å². The average molecular weight is 290 g/mol. The molecular weight excluding hydrogens is 276 g/mol. The highest BCUT2D eigenvalue weighted by atomic mass is 32.3. The number of carboxylic acids is 1. The Morgan fingerprint density at radius 1 is 1.21 bits per heavy atom. The molecule has 1 aromatic carbocycles. The van der Waals surface area contributed by atoms with Crippen molar-refractivity contribution in [2.24, 2.45) is 0 Å². The number of hydrogen-bond acceptors (Lipinski definition) is 5. The molecule has 0 unspecified atom stereocenters. The first-order valence-electron chi connectivity index (χ1n) is 5.48. The molecule has 0 aromatic heterocycles. The third-order valence-electron chi connectivity index (χ3n) is 2.26. The van der Waals surface area contributed by atoms with E-state index in [0.717, 1.165) is 6.07 Å². The van der Waals surface area contributed by atoms with Gasteiger partial charge in [-0.3, -0.25) is 9.35 Å². The van der Waals surface area contributed by atoms with E-state index in [2.05, 4.69) is 4.18 Å². The number of aromatic hydroxyl groups is 1. The second-order valence-electron chi connectivity index (χ2n) is 3.95. The van der Waals surface area contributed by atoms with Crippen LogP contribution in [0.1, 0.15) is 24.8 Å². The molecule has 0 saturated carbocycles. The van der Waals surface area contributed by atoms with E-state index in [9.17, 15) is 18.3 Å². The normalized spacial score (nSPS) is 11.2. The van der Waals surface area contributed by atoms with Gasteiger partial charge in [-0.05, 0) is 37.0 Å². The van der Waals surface area contributed by atoms with Gasteiger partial charge in [0.1, 0.15) is 11.5 Å². The van der Waals surface area contributed by atoms with Crippen molar-refractivity contribution in [1.29, 1.82) is 0 Å². The van der Waals surface area contributed by atoms with E-state index in [1.54, 1.807) is 0 Å². The molecule has 1 rings (SSSR count). The minimum atomic E-state index is -4.64. The molecule has 3 N–H and O–H groups in total. The van der Waals surface area contributed by atoms with Gasteiger partial charge >= 0.3 is 16.4 Å². The van der Waals surface area contributed by atoms with Crippen molar-refractivity contribution in [3.8, 4) is 11.5 Å². The van der Waals surface area contributed by atoms with Crippen LogP contribution >= 0.6 is 0 Å². The first-order valence-corrected chi connectivity index (χ1v) is 6.84. The Morgan fingerprint density at radius 2 is 1.89 bits per heavy atom. The van der Waals surface area contributed by atoms with Crippen molar-refractivity contribution >= 4 is 16.4 Å². The molecule has 0 bridgehead atoms. The highest BCUT2D eigenvalue weighted by Gasteiger charge is 2.09.